The molecule has 0 aliphatic carbocycles. The molecule has 0 aliphatic heterocycles. The van der Waals surface area contributed by atoms with Gasteiger partial charge in [-0.2, -0.15) is 5.10 Å². The molecule has 0 saturated heterocycles. The summed E-state index contributed by atoms with van der Waals surface area (Å²) >= 11 is 0. The standard InChI is InChI=1S/C14H6F4N2O/c15-6-1-2-7(10(16)3-6)13-8-4-11(17)12(18)5-9(8)14(21)20-19-13/h1-5H,(H,20,21). The van der Waals surface area contributed by atoms with Gasteiger partial charge in [0.1, 0.15) is 17.3 Å². The number of benzene rings is 2. The second-order valence-corrected chi connectivity index (χ2v) is 4.34. The van der Waals surface area contributed by atoms with Crippen LogP contribution in [0.25, 0.3) is 22.0 Å². The number of hydrogen-bond acceptors (Lipinski definition) is 2. The quantitative estimate of drug-likeness (QED) is 0.701. The van der Waals surface area contributed by atoms with Gasteiger partial charge < -0.3 is 0 Å². The molecule has 21 heavy (non-hydrogen) atoms. The number of nitrogens with one attached hydrogen (secondary N) is 1. The fourth-order valence-corrected chi connectivity index (χ4v) is 2.04. The minimum Gasteiger partial charge on any atom is -0.267 e. The first-order valence-electron chi connectivity index (χ1n) is 5.80. The first-order valence-corrected chi connectivity index (χ1v) is 5.80. The number of H-pyrrole nitrogens is 1. The lowest BCUT2D eigenvalue weighted by Gasteiger charge is -2.07. The number of fused-ring (bicyclic) bond motifs is 1. The molecule has 0 bridgehead atoms. The van der Waals surface area contributed by atoms with E-state index in [-0.39, 0.29) is 22.0 Å². The van der Waals surface area contributed by atoms with Crippen molar-refractivity contribution in [3.63, 3.8) is 0 Å². The molecule has 1 aromatic heterocycles. The van der Waals surface area contributed by atoms with Crippen LogP contribution in [0.15, 0.2) is 35.1 Å². The van der Waals surface area contributed by atoms with Gasteiger partial charge in [0.15, 0.2) is 11.6 Å². The maximum Gasteiger partial charge on any atom is 0.272 e. The average Bonchev–Trinajstić information content (AvgIpc) is 2.43. The summed E-state index contributed by atoms with van der Waals surface area (Å²) in [6.07, 6.45) is 0. The van der Waals surface area contributed by atoms with Gasteiger partial charge >= 0.3 is 0 Å². The molecule has 0 atom stereocenters. The lowest BCUT2D eigenvalue weighted by Crippen LogP contribution is -2.10. The van der Waals surface area contributed by atoms with Gasteiger partial charge in [-0.3, -0.25) is 4.79 Å². The van der Waals surface area contributed by atoms with Gasteiger partial charge in [0.2, 0.25) is 0 Å². The summed E-state index contributed by atoms with van der Waals surface area (Å²) in [6, 6.07) is 4.19. The Labute approximate surface area is 114 Å². The van der Waals surface area contributed by atoms with Crippen molar-refractivity contribution < 1.29 is 17.6 Å². The Morgan fingerprint density at radius 1 is 0.857 bits per heavy atom. The lowest BCUT2D eigenvalue weighted by molar-refractivity contribution is 0.511. The summed E-state index contributed by atoms with van der Waals surface area (Å²) in [7, 11) is 0. The van der Waals surface area contributed by atoms with E-state index >= 15 is 0 Å². The molecule has 0 spiro atoms. The first-order chi connectivity index (χ1) is 9.97. The molecule has 0 aliphatic rings. The van der Waals surface area contributed by atoms with Crippen LogP contribution in [0, 0.1) is 23.3 Å². The maximum atomic E-state index is 13.8. The van der Waals surface area contributed by atoms with Gasteiger partial charge in [0.25, 0.3) is 5.56 Å². The molecule has 0 fully saturated rings. The zero-order valence-electron chi connectivity index (χ0n) is 10.3. The highest BCUT2D eigenvalue weighted by atomic mass is 19.2. The Kier molecular flexibility index (Phi) is 2.97. The zero-order valence-corrected chi connectivity index (χ0v) is 10.3. The Morgan fingerprint density at radius 3 is 2.19 bits per heavy atom. The largest absolute Gasteiger partial charge is 0.272 e. The molecule has 2 aromatic carbocycles. The molecule has 0 unspecified atom stereocenters. The molecule has 7 heteroatoms. The molecule has 3 aromatic rings. The van der Waals surface area contributed by atoms with Crippen molar-refractivity contribution >= 4 is 10.8 Å². The van der Waals surface area contributed by atoms with Gasteiger partial charge in [0.05, 0.1) is 5.39 Å². The predicted octanol–water partition coefficient (Wildman–Crippen LogP) is 3.15. The second-order valence-electron chi connectivity index (χ2n) is 4.34. The minimum atomic E-state index is -1.20. The summed E-state index contributed by atoms with van der Waals surface area (Å²) in [5.74, 6) is -4.12. The van der Waals surface area contributed by atoms with Crippen molar-refractivity contribution in [3.8, 4) is 11.3 Å². The van der Waals surface area contributed by atoms with E-state index in [1.807, 2.05) is 0 Å². The minimum absolute atomic E-state index is 0.0665. The van der Waals surface area contributed by atoms with Gasteiger partial charge in [-0.1, -0.05) is 0 Å². The van der Waals surface area contributed by atoms with E-state index in [0.717, 1.165) is 18.2 Å². The van der Waals surface area contributed by atoms with Crippen molar-refractivity contribution in [3.05, 3.63) is 64.0 Å². The highest BCUT2D eigenvalue weighted by Crippen LogP contribution is 2.28. The Bertz CT molecular complexity index is 921. The van der Waals surface area contributed by atoms with Crippen LogP contribution in [0.1, 0.15) is 0 Å². The first kappa shape index (κ1) is 13.3. The van der Waals surface area contributed by atoms with Crippen LogP contribution in [0.3, 0.4) is 0 Å². The summed E-state index contributed by atoms with van der Waals surface area (Å²) in [5, 5.41) is 5.48. The number of nitrogens with zero attached hydrogens (tertiary/aromatic N) is 1. The highest BCUT2D eigenvalue weighted by Gasteiger charge is 2.16. The van der Waals surface area contributed by atoms with Crippen LogP contribution in [-0.2, 0) is 0 Å². The molecule has 3 rings (SSSR count). The third-order valence-corrected chi connectivity index (χ3v) is 3.02. The molecular weight excluding hydrogens is 288 g/mol. The summed E-state index contributed by atoms with van der Waals surface area (Å²) in [4.78, 5) is 11.6. The van der Waals surface area contributed by atoms with Gasteiger partial charge in [0, 0.05) is 17.0 Å². The van der Waals surface area contributed by atoms with Crippen LogP contribution in [0.5, 0.6) is 0 Å². The number of aromatic nitrogens is 2. The summed E-state index contributed by atoms with van der Waals surface area (Å²) < 4.78 is 53.3. The van der Waals surface area contributed by atoms with Crippen LogP contribution in [-0.4, -0.2) is 10.2 Å². The molecule has 0 amide bonds. The lowest BCUT2D eigenvalue weighted by atomic mass is 10.0. The van der Waals surface area contributed by atoms with Crippen molar-refractivity contribution in [2.24, 2.45) is 0 Å². The van der Waals surface area contributed by atoms with Gasteiger partial charge in [-0.15, -0.1) is 0 Å². The normalized spacial score (nSPS) is 11.0. The molecule has 106 valence electrons. The number of rotatable bonds is 1. The van der Waals surface area contributed by atoms with E-state index in [4.69, 9.17) is 0 Å². The van der Waals surface area contributed by atoms with Crippen LogP contribution < -0.4 is 5.56 Å². The topological polar surface area (TPSA) is 45.8 Å². The zero-order chi connectivity index (χ0) is 15.1. The molecule has 1 heterocycles. The van der Waals surface area contributed by atoms with Crippen LogP contribution in [0.2, 0.25) is 0 Å². The average molecular weight is 294 g/mol. The van der Waals surface area contributed by atoms with E-state index in [2.05, 4.69) is 10.2 Å². The van der Waals surface area contributed by atoms with E-state index in [9.17, 15) is 22.4 Å². The number of aromatic amines is 1. The third kappa shape index (κ3) is 2.16. The second kappa shape index (κ2) is 4.69. The fourth-order valence-electron chi connectivity index (χ4n) is 2.04. The van der Waals surface area contributed by atoms with Crippen molar-refractivity contribution in [1.82, 2.24) is 10.2 Å². The molecule has 0 radical (unpaired) electrons. The Balaban J connectivity index is 2.41. The summed E-state index contributed by atoms with van der Waals surface area (Å²) in [6.45, 7) is 0. The van der Waals surface area contributed by atoms with Crippen LogP contribution in [0.4, 0.5) is 17.6 Å². The Morgan fingerprint density at radius 2 is 1.52 bits per heavy atom. The smallest absolute Gasteiger partial charge is 0.267 e. The monoisotopic (exact) mass is 294 g/mol. The number of hydrogen-bond donors (Lipinski definition) is 1. The van der Waals surface area contributed by atoms with E-state index in [1.165, 1.54) is 0 Å². The van der Waals surface area contributed by atoms with Gasteiger partial charge in [-0.25, -0.2) is 22.7 Å². The van der Waals surface area contributed by atoms with E-state index in [1.54, 1.807) is 0 Å². The molecule has 0 saturated carbocycles. The van der Waals surface area contributed by atoms with Crippen LogP contribution >= 0.6 is 0 Å². The number of halogens is 4. The summed E-state index contributed by atoms with van der Waals surface area (Å²) in [5.41, 5.74) is -0.986. The fraction of sp³-hybridized carbons (Fsp3) is 0. The van der Waals surface area contributed by atoms with Crippen molar-refractivity contribution in [1.29, 1.82) is 0 Å². The van der Waals surface area contributed by atoms with Gasteiger partial charge in [-0.05, 0) is 24.3 Å². The Hall–Kier alpha value is -2.70. The van der Waals surface area contributed by atoms with Crippen molar-refractivity contribution in [2.75, 3.05) is 0 Å². The maximum absolute atomic E-state index is 13.8. The predicted molar refractivity (Wildman–Crippen MR) is 67.6 cm³/mol. The molecular formula is C14H6F4N2O. The van der Waals surface area contributed by atoms with Crippen molar-refractivity contribution in [2.45, 2.75) is 0 Å². The third-order valence-electron chi connectivity index (χ3n) is 3.02. The molecule has 1 N–H and O–H groups in total. The SMILES string of the molecule is O=c1[nH]nc(-c2ccc(F)cc2F)c2cc(F)c(F)cc12. The van der Waals surface area contributed by atoms with E-state index in [0.29, 0.717) is 12.1 Å². The molecule has 3 nitrogen and oxygen atoms in total. The van der Waals surface area contributed by atoms with E-state index < -0.39 is 28.8 Å². The highest BCUT2D eigenvalue weighted by molar-refractivity contribution is 5.93.